The fraction of sp³-hybridized carbons (Fsp3) is 0.235. The summed E-state index contributed by atoms with van der Waals surface area (Å²) in [5.41, 5.74) is 3.16. The third kappa shape index (κ3) is 5.68. The molecule has 0 fully saturated rings. The molecule has 2 rings (SSSR count). The average molecular weight is 347 g/mol. The maximum Gasteiger partial charge on any atom is 0.315 e. The van der Waals surface area contributed by atoms with Gasteiger partial charge in [0.15, 0.2) is 0 Å². The van der Waals surface area contributed by atoms with Crippen molar-refractivity contribution in [1.82, 2.24) is 10.6 Å². The van der Waals surface area contributed by atoms with Gasteiger partial charge in [0.2, 0.25) is 10.0 Å². The van der Waals surface area contributed by atoms with E-state index in [1.54, 1.807) is 12.1 Å². The van der Waals surface area contributed by atoms with E-state index in [0.29, 0.717) is 13.1 Å². The number of hydrogen-bond acceptors (Lipinski definition) is 3. The Bertz CT molecular complexity index is 785. The van der Waals surface area contributed by atoms with Crippen molar-refractivity contribution in [1.29, 1.82) is 0 Å². The molecule has 0 bridgehead atoms. The third-order valence-electron chi connectivity index (χ3n) is 3.52. The van der Waals surface area contributed by atoms with Crippen molar-refractivity contribution < 1.29 is 13.2 Å². The van der Waals surface area contributed by atoms with Gasteiger partial charge in [0.05, 0.1) is 4.90 Å². The molecule has 0 aliphatic rings. The van der Waals surface area contributed by atoms with Crippen LogP contribution in [-0.2, 0) is 23.0 Å². The number of nitrogens with two attached hydrogens (primary N) is 1. The summed E-state index contributed by atoms with van der Waals surface area (Å²) >= 11 is 0. The largest absolute Gasteiger partial charge is 0.338 e. The second kappa shape index (κ2) is 7.94. The van der Waals surface area contributed by atoms with E-state index in [4.69, 9.17) is 5.14 Å². The summed E-state index contributed by atoms with van der Waals surface area (Å²) in [7, 11) is -3.69. The van der Waals surface area contributed by atoms with Crippen molar-refractivity contribution in [3.05, 3.63) is 65.2 Å². The number of nitrogens with one attached hydrogen (secondary N) is 2. The lowest BCUT2D eigenvalue weighted by Crippen LogP contribution is -2.36. The van der Waals surface area contributed by atoms with Crippen LogP contribution < -0.4 is 15.8 Å². The maximum absolute atomic E-state index is 11.7. The molecule has 0 aliphatic heterocycles. The van der Waals surface area contributed by atoms with Gasteiger partial charge in [-0.3, -0.25) is 0 Å². The predicted molar refractivity (Wildman–Crippen MR) is 92.9 cm³/mol. The van der Waals surface area contributed by atoms with Gasteiger partial charge < -0.3 is 10.6 Å². The zero-order chi connectivity index (χ0) is 17.6. The van der Waals surface area contributed by atoms with Crippen LogP contribution in [0, 0.1) is 6.92 Å². The lowest BCUT2D eigenvalue weighted by atomic mass is 10.1. The van der Waals surface area contributed by atoms with E-state index in [9.17, 15) is 13.2 Å². The minimum Gasteiger partial charge on any atom is -0.338 e. The second-order valence-corrected chi connectivity index (χ2v) is 7.10. The molecule has 0 spiro atoms. The standard InChI is InChI=1S/C17H21N3O3S/c1-13-2-4-14(5-3-13)10-11-19-17(21)20-12-15-6-8-16(9-7-15)24(18,22)23/h2-9H,10-12H2,1H3,(H2,18,22,23)(H2,19,20,21). The highest BCUT2D eigenvalue weighted by Crippen LogP contribution is 2.08. The third-order valence-corrected chi connectivity index (χ3v) is 4.45. The Labute approximate surface area is 142 Å². The first-order chi connectivity index (χ1) is 11.3. The van der Waals surface area contributed by atoms with Crippen LogP contribution in [0.25, 0.3) is 0 Å². The molecule has 0 aromatic heterocycles. The number of carbonyl (C=O) groups excluding carboxylic acids is 1. The van der Waals surface area contributed by atoms with Crippen LogP contribution in [0.15, 0.2) is 53.4 Å². The number of benzene rings is 2. The molecule has 0 unspecified atom stereocenters. The Morgan fingerprint density at radius 3 is 2.12 bits per heavy atom. The van der Waals surface area contributed by atoms with Crippen molar-refractivity contribution in [3.63, 3.8) is 0 Å². The Morgan fingerprint density at radius 1 is 0.958 bits per heavy atom. The molecule has 0 atom stereocenters. The average Bonchev–Trinajstić information content (AvgIpc) is 2.54. The van der Waals surface area contributed by atoms with Crippen molar-refractivity contribution in [2.24, 2.45) is 5.14 Å². The van der Waals surface area contributed by atoms with E-state index >= 15 is 0 Å². The molecule has 0 saturated carbocycles. The van der Waals surface area contributed by atoms with E-state index in [-0.39, 0.29) is 10.9 Å². The van der Waals surface area contributed by atoms with Crippen LogP contribution in [0.3, 0.4) is 0 Å². The van der Waals surface area contributed by atoms with Gasteiger partial charge in [-0.1, -0.05) is 42.0 Å². The van der Waals surface area contributed by atoms with Crippen molar-refractivity contribution in [3.8, 4) is 0 Å². The molecule has 4 N–H and O–H groups in total. The summed E-state index contributed by atoms with van der Waals surface area (Å²) in [6.45, 7) is 2.88. The highest BCUT2D eigenvalue weighted by atomic mass is 32.2. The van der Waals surface area contributed by atoms with Gasteiger partial charge >= 0.3 is 6.03 Å². The fourth-order valence-electron chi connectivity index (χ4n) is 2.12. The van der Waals surface area contributed by atoms with Crippen LogP contribution in [0.4, 0.5) is 4.79 Å². The van der Waals surface area contributed by atoms with Crippen LogP contribution in [0.1, 0.15) is 16.7 Å². The molecular formula is C17H21N3O3S. The lowest BCUT2D eigenvalue weighted by Gasteiger charge is -2.08. The number of urea groups is 1. The Kier molecular flexibility index (Phi) is 5.94. The van der Waals surface area contributed by atoms with E-state index in [1.165, 1.54) is 23.3 Å². The van der Waals surface area contributed by atoms with E-state index in [2.05, 4.69) is 10.6 Å². The molecule has 2 aromatic carbocycles. The molecular weight excluding hydrogens is 326 g/mol. The Morgan fingerprint density at radius 2 is 1.54 bits per heavy atom. The first-order valence-corrected chi connectivity index (χ1v) is 9.08. The number of sulfonamides is 1. The smallest absolute Gasteiger partial charge is 0.315 e. The highest BCUT2D eigenvalue weighted by Gasteiger charge is 2.07. The summed E-state index contributed by atoms with van der Waals surface area (Å²) in [4.78, 5) is 11.8. The molecule has 2 amide bonds. The van der Waals surface area contributed by atoms with Crippen molar-refractivity contribution >= 4 is 16.1 Å². The summed E-state index contributed by atoms with van der Waals surface area (Å²) in [6, 6.07) is 14.0. The van der Waals surface area contributed by atoms with Gasteiger partial charge in [0.1, 0.15) is 0 Å². The first-order valence-electron chi connectivity index (χ1n) is 7.53. The molecule has 0 aliphatic carbocycles. The van der Waals surface area contributed by atoms with Gasteiger partial charge in [-0.2, -0.15) is 0 Å². The summed E-state index contributed by atoms with van der Waals surface area (Å²) in [5.74, 6) is 0. The number of rotatable bonds is 6. The minimum absolute atomic E-state index is 0.0498. The molecule has 2 aromatic rings. The van der Waals surface area contributed by atoms with E-state index < -0.39 is 10.0 Å². The van der Waals surface area contributed by atoms with Crippen molar-refractivity contribution in [2.45, 2.75) is 24.8 Å². The molecule has 0 saturated heterocycles. The molecule has 24 heavy (non-hydrogen) atoms. The van der Waals surface area contributed by atoms with Crippen LogP contribution >= 0.6 is 0 Å². The maximum atomic E-state index is 11.7. The van der Waals surface area contributed by atoms with Crippen molar-refractivity contribution in [2.75, 3.05) is 6.54 Å². The van der Waals surface area contributed by atoms with Crippen LogP contribution in [0.2, 0.25) is 0 Å². The van der Waals surface area contributed by atoms with Gasteiger partial charge in [0.25, 0.3) is 0 Å². The second-order valence-electron chi connectivity index (χ2n) is 5.53. The quantitative estimate of drug-likeness (QED) is 0.741. The first kappa shape index (κ1) is 18.0. The zero-order valence-electron chi connectivity index (χ0n) is 13.5. The van der Waals surface area contributed by atoms with Gasteiger partial charge in [0, 0.05) is 13.1 Å². The van der Waals surface area contributed by atoms with E-state index in [1.807, 2.05) is 31.2 Å². The lowest BCUT2D eigenvalue weighted by molar-refractivity contribution is 0.240. The van der Waals surface area contributed by atoms with Gasteiger partial charge in [-0.25, -0.2) is 18.4 Å². The number of amides is 2. The zero-order valence-corrected chi connectivity index (χ0v) is 14.3. The number of aryl methyl sites for hydroxylation is 1. The summed E-state index contributed by atoms with van der Waals surface area (Å²) in [6.07, 6.45) is 0.761. The topological polar surface area (TPSA) is 101 Å². The summed E-state index contributed by atoms with van der Waals surface area (Å²) in [5, 5.41) is 10.5. The SMILES string of the molecule is Cc1ccc(CCNC(=O)NCc2ccc(S(N)(=O)=O)cc2)cc1. The Balaban J connectivity index is 1.74. The van der Waals surface area contributed by atoms with Gasteiger partial charge in [-0.05, 0) is 36.6 Å². The number of carbonyl (C=O) groups is 1. The molecule has 128 valence electrons. The molecule has 0 heterocycles. The minimum atomic E-state index is -3.69. The number of hydrogen-bond donors (Lipinski definition) is 3. The number of primary sulfonamides is 1. The van der Waals surface area contributed by atoms with Gasteiger partial charge in [-0.15, -0.1) is 0 Å². The molecule has 0 radical (unpaired) electrons. The van der Waals surface area contributed by atoms with Crippen LogP contribution in [0.5, 0.6) is 0 Å². The van der Waals surface area contributed by atoms with Crippen LogP contribution in [-0.4, -0.2) is 21.0 Å². The molecule has 7 heteroatoms. The Hall–Kier alpha value is -2.38. The normalized spacial score (nSPS) is 11.1. The monoisotopic (exact) mass is 347 g/mol. The fourth-order valence-corrected chi connectivity index (χ4v) is 2.63. The highest BCUT2D eigenvalue weighted by molar-refractivity contribution is 7.89. The van der Waals surface area contributed by atoms with E-state index in [0.717, 1.165) is 12.0 Å². The molecule has 6 nitrogen and oxygen atoms in total. The predicted octanol–water partition coefficient (Wildman–Crippen LogP) is 1.68. The summed E-state index contributed by atoms with van der Waals surface area (Å²) < 4.78 is 22.3.